The Labute approximate surface area is 230 Å². The summed E-state index contributed by atoms with van der Waals surface area (Å²) in [5.41, 5.74) is 5.43. The Bertz CT molecular complexity index is 1610. The van der Waals surface area contributed by atoms with Crippen LogP contribution >= 0.6 is 0 Å². The van der Waals surface area contributed by atoms with Crippen LogP contribution in [0.15, 0.2) is 41.7 Å². The van der Waals surface area contributed by atoms with E-state index in [2.05, 4.69) is 12.6 Å². The van der Waals surface area contributed by atoms with E-state index in [4.69, 9.17) is 24.4 Å². The first-order chi connectivity index (χ1) is 19.4. The van der Waals surface area contributed by atoms with Crippen molar-refractivity contribution < 1.29 is 29.0 Å². The Balaban J connectivity index is 1.27. The first-order valence-electron chi connectivity index (χ1n) is 13.6. The van der Waals surface area contributed by atoms with Crippen molar-refractivity contribution in [2.24, 2.45) is 0 Å². The van der Waals surface area contributed by atoms with Crippen molar-refractivity contribution in [1.82, 2.24) is 15.0 Å². The lowest BCUT2D eigenvalue weighted by Crippen LogP contribution is -2.38. The molecule has 5 heterocycles. The Hall–Kier alpha value is -4.02. The molecule has 3 aromatic rings. The van der Waals surface area contributed by atoms with Crippen molar-refractivity contribution in [1.29, 1.82) is 0 Å². The number of nitrogens with one attached hydrogen (secondary N) is 1. The number of allylic oxidation sites excluding steroid dienone is 1. The molecule has 1 fully saturated rings. The number of rotatable bonds is 10. The Kier molecular flexibility index (Phi) is 6.67. The fraction of sp³-hybridized carbons (Fsp3) is 0.400. The number of unbranched alkanes of at least 4 members (excludes halogenated alkanes) is 3. The maximum absolute atomic E-state index is 13.5. The van der Waals surface area contributed by atoms with E-state index in [1.165, 1.54) is 0 Å². The highest BCUT2D eigenvalue weighted by Gasteiger charge is 2.65. The summed E-state index contributed by atoms with van der Waals surface area (Å²) in [6.45, 7) is 6.59. The molecule has 0 saturated carbocycles. The number of cyclic esters (lactones) is 1. The van der Waals surface area contributed by atoms with E-state index in [1.807, 2.05) is 24.3 Å². The van der Waals surface area contributed by atoms with E-state index in [-0.39, 0.29) is 24.2 Å². The molecule has 2 aromatic heterocycles. The summed E-state index contributed by atoms with van der Waals surface area (Å²) in [6, 6.07) is 7.80. The highest BCUT2D eigenvalue weighted by atomic mass is 16.7. The van der Waals surface area contributed by atoms with Crippen LogP contribution in [-0.2, 0) is 44.2 Å². The van der Waals surface area contributed by atoms with Crippen molar-refractivity contribution in [2.45, 2.75) is 70.3 Å². The van der Waals surface area contributed by atoms with E-state index in [0.717, 1.165) is 52.7 Å². The number of aromatic nitrogens is 2. The van der Waals surface area contributed by atoms with Crippen LogP contribution in [0, 0.1) is 0 Å². The fourth-order valence-corrected chi connectivity index (χ4v) is 5.92. The second-order valence-electron chi connectivity index (χ2n) is 10.5. The van der Waals surface area contributed by atoms with E-state index < -0.39 is 11.6 Å². The largest absolute Gasteiger partial charge is 0.493 e. The molecule has 40 heavy (non-hydrogen) atoms. The van der Waals surface area contributed by atoms with Gasteiger partial charge in [-0.25, -0.2) is 15.3 Å². The van der Waals surface area contributed by atoms with Gasteiger partial charge in [-0.15, -0.1) is 6.58 Å². The summed E-state index contributed by atoms with van der Waals surface area (Å²) in [5.74, 6) is -0.0413. The number of esters is 1. The molecule has 3 aliphatic rings. The van der Waals surface area contributed by atoms with Gasteiger partial charge < -0.3 is 18.8 Å². The number of hydrogen-bond acceptors (Lipinski definition) is 8. The van der Waals surface area contributed by atoms with Crippen molar-refractivity contribution >= 4 is 22.8 Å². The van der Waals surface area contributed by atoms with Crippen molar-refractivity contribution in [3.63, 3.8) is 0 Å². The number of carbonyl (C=O) groups excluding carboxylic acids is 2. The number of carbonyl (C=O) groups is 2. The number of hydrogen-bond donors (Lipinski definition) is 2. The summed E-state index contributed by atoms with van der Waals surface area (Å²) in [7, 11) is 0. The molecule has 6 rings (SSSR count). The lowest BCUT2D eigenvalue weighted by Gasteiger charge is -2.23. The summed E-state index contributed by atoms with van der Waals surface area (Å²) in [4.78, 5) is 42.2. The standard InChI is InChI=1S/C30H31N3O7/c1-3-8-19-20-13-18-15-33-24(14-22-21(28(33)35)16-39-29(36)30(22)17(2)40-30)27(18)31-23(20)10-11-25(19)38-12-7-5-4-6-9-26(34)32-37/h3,10-11,13-14,17,37H,1,4-9,12,15-16H2,2H3,(H,32,34). The Morgan fingerprint density at radius 3 is 2.83 bits per heavy atom. The van der Waals surface area contributed by atoms with E-state index >= 15 is 0 Å². The van der Waals surface area contributed by atoms with Gasteiger partial charge in [-0.2, -0.15) is 0 Å². The molecule has 2 atom stereocenters. The first kappa shape index (κ1) is 26.2. The lowest BCUT2D eigenvalue weighted by atomic mass is 9.90. The highest BCUT2D eigenvalue weighted by Crippen LogP contribution is 2.51. The van der Waals surface area contributed by atoms with Crippen LogP contribution < -0.4 is 15.8 Å². The minimum atomic E-state index is -1.20. The van der Waals surface area contributed by atoms with Crippen molar-refractivity contribution in [3.05, 3.63) is 69.5 Å². The van der Waals surface area contributed by atoms with Crippen LogP contribution in [0.3, 0.4) is 0 Å². The molecule has 0 bridgehead atoms. The van der Waals surface area contributed by atoms with Crippen LogP contribution in [-0.4, -0.2) is 39.3 Å². The number of amides is 1. The number of hydroxylamine groups is 1. The average molecular weight is 546 g/mol. The molecule has 10 nitrogen and oxygen atoms in total. The number of fused-ring (bicyclic) bond motifs is 6. The Morgan fingerprint density at radius 1 is 1.27 bits per heavy atom. The quantitative estimate of drug-likeness (QED) is 0.0771. The van der Waals surface area contributed by atoms with Crippen LogP contribution in [0.5, 0.6) is 5.75 Å². The molecule has 10 heteroatoms. The third kappa shape index (κ3) is 4.18. The third-order valence-corrected chi connectivity index (χ3v) is 8.08. The maximum Gasteiger partial charge on any atom is 0.346 e. The zero-order chi connectivity index (χ0) is 28.0. The van der Waals surface area contributed by atoms with Gasteiger partial charge in [0, 0.05) is 28.5 Å². The van der Waals surface area contributed by atoms with E-state index in [0.29, 0.717) is 49.2 Å². The number of epoxide rings is 1. The average Bonchev–Trinajstić information content (AvgIpc) is 3.49. The Morgan fingerprint density at radius 2 is 2.08 bits per heavy atom. The number of ether oxygens (including phenoxy) is 3. The van der Waals surface area contributed by atoms with Gasteiger partial charge in [0.05, 0.1) is 35.6 Å². The topological polar surface area (TPSA) is 132 Å². The van der Waals surface area contributed by atoms with Crippen LogP contribution in [0.2, 0.25) is 0 Å². The molecule has 2 unspecified atom stereocenters. The summed E-state index contributed by atoms with van der Waals surface area (Å²) < 4.78 is 18.9. The first-order valence-corrected chi connectivity index (χ1v) is 13.6. The number of nitrogens with zero attached hydrogens (tertiary/aromatic N) is 2. The molecule has 1 aromatic carbocycles. The van der Waals surface area contributed by atoms with Gasteiger partial charge >= 0.3 is 5.97 Å². The SMILES string of the molecule is C=CCc1c(OCCCCCCC(=O)NO)ccc2nc3c(cc12)Cn1c-3cc2c(c1=O)COC(=O)C21OC1C. The van der Waals surface area contributed by atoms with Crippen LogP contribution in [0.1, 0.15) is 61.3 Å². The van der Waals surface area contributed by atoms with Gasteiger partial charge in [-0.05, 0) is 50.5 Å². The van der Waals surface area contributed by atoms with Gasteiger partial charge in [0.15, 0.2) is 0 Å². The van der Waals surface area contributed by atoms with E-state index in [1.54, 1.807) is 17.0 Å². The molecule has 0 radical (unpaired) electrons. The van der Waals surface area contributed by atoms with Crippen molar-refractivity contribution in [2.75, 3.05) is 6.61 Å². The van der Waals surface area contributed by atoms with Gasteiger partial charge in [0.2, 0.25) is 11.5 Å². The summed E-state index contributed by atoms with van der Waals surface area (Å²) in [5, 5.41) is 9.52. The molecular formula is C30H31N3O7. The molecule has 3 aliphatic heterocycles. The normalized spacial score (nSPS) is 20.1. The molecule has 208 valence electrons. The second kappa shape index (κ2) is 10.2. The van der Waals surface area contributed by atoms with Gasteiger partial charge in [-0.3, -0.25) is 14.8 Å². The highest BCUT2D eigenvalue weighted by molar-refractivity contribution is 5.90. The molecular weight excluding hydrogens is 514 g/mol. The monoisotopic (exact) mass is 545 g/mol. The zero-order valence-corrected chi connectivity index (χ0v) is 22.3. The smallest absolute Gasteiger partial charge is 0.346 e. The third-order valence-electron chi connectivity index (χ3n) is 8.08. The van der Waals surface area contributed by atoms with Gasteiger partial charge in [0.1, 0.15) is 18.5 Å². The molecule has 2 N–H and O–H groups in total. The molecule has 0 aliphatic carbocycles. The van der Waals surface area contributed by atoms with Crippen molar-refractivity contribution in [3.8, 4) is 17.1 Å². The predicted octanol–water partition coefficient (Wildman–Crippen LogP) is 3.66. The maximum atomic E-state index is 13.5. The summed E-state index contributed by atoms with van der Waals surface area (Å²) in [6.07, 6.45) is 5.74. The fourth-order valence-electron chi connectivity index (χ4n) is 5.92. The minimum absolute atomic E-state index is 0.0565. The number of pyridine rings is 2. The van der Waals surface area contributed by atoms with Gasteiger partial charge in [-0.1, -0.05) is 18.9 Å². The molecule has 1 spiro atoms. The van der Waals surface area contributed by atoms with Gasteiger partial charge in [0.25, 0.3) is 5.56 Å². The minimum Gasteiger partial charge on any atom is -0.493 e. The van der Waals surface area contributed by atoms with Crippen LogP contribution in [0.4, 0.5) is 0 Å². The second-order valence-corrected chi connectivity index (χ2v) is 10.5. The number of benzene rings is 1. The summed E-state index contributed by atoms with van der Waals surface area (Å²) >= 11 is 0. The molecule has 1 amide bonds. The predicted molar refractivity (Wildman–Crippen MR) is 145 cm³/mol. The lowest BCUT2D eigenvalue weighted by molar-refractivity contribution is -0.154. The zero-order valence-electron chi connectivity index (χ0n) is 22.3. The van der Waals surface area contributed by atoms with E-state index in [9.17, 15) is 14.4 Å². The van der Waals surface area contributed by atoms with Crippen LogP contribution in [0.25, 0.3) is 22.3 Å². The molecule has 1 saturated heterocycles.